The van der Waals surface area contributed by atoms with E-state index in [1.54, 1.807) is 0 Å². The maximum absolute atomic E-state index is 11.8. The first-order chi connectivity index (χ1) is 7.77. The molecule has 3 atom stereocenters. The van der Waals surface area contributed by atoms with Gasteiger partial charge >= 0.3 is 0 Å². The van der Waals surface area contributed by atoms with Crippen molar-refractivity contribution >= 4 is 5.91 Å². The molecular weight excluding hydrogens is 204 g/mol. The number of amides is 1. The molecule has 2 heterocycles. The lowest BCUT2D eigenvalue weighted by Gasteiger charge is -2.23. The molecule has 4 nitrogen and oxygen atoms in total. The Kier molecular flexibility index (Phi) is 4.18. The molecule has 0 aromatic heterocycles. The van der Waals surface area contributed by atoms with Gasteiger partial charge in [0.25, 0.3) is 0 Å². The number of carbonyl (C=O) groups excluding carboxylic acids is 1. The van der Waals surface area contributed by atoms with Crippen molar-refractivity contribution in [1.82, 2.24) is 10.6 Å². The van der Waals surface area contributed by atoms with E-state index in [-0.39, 0.29) is 11.9 Å². The van der Waals surface area contributed by atoms with E-state index in [1.807, 2.05) is 0 Å². The third kappa shape index (κ3) is 2.95. The Morgan fingerprint density at radius 1 is 1.44 bits per heavy atom. The van der Waals surface area contributed by atoms with Crippen molar-refractivity contribution < 1.29 is 9.53 Å². The van der Waals surface area contributed by atoms with E-state index < -0.39 is 0 Å². The SMILES string of the molecule is CC1OCCC1CNC(=O)[C@H]1CCCCN1. The van der Waals surface area contributed by atoms with Crippen LogP contribution in [0.1, 0.15) is 32.6 Å². The Hall–Kier alpha value is -0.610. The van der Waals surface area contributed by atoms with Crippen LogP contribution in [0.4, 0.5) is 0 Å². The first kappa shape index (κ1) is 11.9. The molecule has 0 aromatic rings. The highest BCUT2D eigenvalue weighted by molar-refractivity contribution is 5.81. The minimum atomic E-state index is 0.0337. The molecule has 2 unspecified atom stereocenters. The molecule has 1 amide bonds. The fraction of sp³-hybridized carbons (Fsp3) is 0.917. The highest BCUT2D eigenvalue weighted by Gasteiger charge is 2.26. The molecule has 2 aliphatic heterocycles. The van der Waals surface area contributed by atoms with Crippen LogP contribution >= 0.6 is 0 Å². The summed E-state index contributed by atoms with van der Waals surface area (Å²) in [7, 11) is 0. The van der Waals surface area contributed by atoms with E-state index in [4.69, 9.17) is 4.74 Å². The summed E-state index contributed by atoms with van der Waals surface area (Å²) < 4.78 is 5.48. The van der Waals surface area contributed by atoms with Crippen molar-refractivity contribution in [3.63, 3.8) is 0 Å². The average Bonchev–Trinajstić information content (AvgIpc) is 2.73. The summed E-state index contributed by atoms with van der Waals surface area (Å²) in [6.07, 6.45) is 4.69. The van der Waals surface area contributed by atoms with Crippen molar-refractivity contribution in [3.05, 3.63) is 0 Å². The quantitative estimate of drug-likeness (QED) is 0.743. The van der Waals surface area contributed by atoms with Gasteiger partial charge < -0.3 is 15.4 Å². The molecule has 0 saturated carbocycles. The van der Waals surface area contributed by atoms with Gasteiger partial charge in [-0.25, -0.2) is 0 Å². The third-order valence-corrected chi connectivity index (χ3v) is 3.70. The van der Waals surface area contributed by atoms with Crippen LogP contribution in [-0.2, 0) is 9.53 Å². The summed E-state index contributed by atoms with van der Waals surface area (Å²) >= 11 is 0. The first-order valence-corrected chi connectivity index (χ1v) is 6.40. The second-order valence-electron chi connectivity index (χ2n) is 4.87. The van der Waals surface area contributed by atoms with Crippen LogP contribution < -0.4 is 10.6 Å². The van der Waals surface area contributed by atoms with Crippen LogP contribution in [0.15, 0.2) is 0 Å². The Balaban J connectivity index is 1.70. The van der Waals surface area contributed by atoms with Crippen LogP contribution in [0.25, 0.3) is 0 Å². The van der Waals surface area contributed by atoms with E-state index in [1.165, 1.54) is 6.42 Å². The summed E-state index contributed by atoms with van der Waals surface area (Å²) in [6, 6.07) is 0.0337. The predicted octanol–water partition coefficient (Wildman–Crippen LogP) is 0.670. The number of nitrogens with one attached hydrogen (secondary N) is 2. The summed E-state index contributed by atoms with van der Waals surface area (Å²) in [4.78, 5) is 11.8. The summed E-state index contributed by atoms with van der Waals surface area (Å²) in [6.45, 7) is 4.66. The fourth-order valence-electron chi connectivity index (χ4n) is 2.47. The van der Waals surface area contributed by atoms with Crippen molar-refractivity contribution in [2.75, 3.05) is 19.7 Å². The lowest BCUT2D eigenvalue weighted by atomic mass is 10.0. The topological polar surface area (TPSA) is 50.4 Å². The van der Waals surface area contributed by atoms with Crippen molar-refractivity contribution in [1.29, 1.82) is 0 Å². The molecule has 2 saturated heterocycles. The van der Waals surface area contributed by atoms with E-state index in [9.17, 15) is 4.79 Å². The molecule has 2 rings (SSSR count). The van der Waals surface area contributed by atoms with Gasteiger partial charge in [-0.2, -0.15) is 0 Å². The van der Waals surface area contributed by atoms with E-state index >= 15 is 0 Å². The van der Waals surface area contributed by atoms with Gasteiger partial charge in [-0.3, -0.25) is 4.79 Å². The number of hydrogen-bond donors (Lipinski definition) is 2. The number of hydrogen-bond acceptors (Lipinski definition) is 3. The van der Waals surface area contributed by atoms with Crippen molar-refractivity contribution in [3.8, 4) is 0 Å². The third-order valence-electron chi connectivity index (χ3n) is 3.70. The Morgan fingerprint density at radius 2 is 2.31 bits per heavy atom. The van der Waals surface area contributed by atoms with Crippen LogP contribution in [0.2, 0.25) is 0 Å². The standard InChI is InChI=1S/C12H22N2O2/c1-9-10(5-7-16-9)8-14-12(15)11-4-2-3-6-13-11/h9-11,13H,2-8H2,1H3,(H,14,15)/t9?,10?,11-/m1/s1. The number of rotatable bonds is 3. The van der Waals surface area contributed by atoms with Crippen LogP contribution in [-0.4, -0.2) is 37.7 Å². The van der Waals surface area contributed by atoms with Gasteiger partial charge in [-0.05, 0) is 32.7 Å². The largest absolute Gasteiger partial charge is 0.378 e. The number of ether oxygens (including phenoxy) is 1. The molecule has 0 spiro atoms. The zero-order valence-electron chi connectivity index (χ0n) is 10.00. The lowest BCUT2D eigenvalue weighted by Crippen LogP contribution is -2.48. The van der Waals surface area contributed by atoms with E-state index in [0.717, 1.165) is 39.0 Å². The number of piperidine rings is 1. The summed E-state index contributed by atoms with van der Waals surface area (Å²) in [5.41, 5.74) is 0. The molecule has 0 radical (unpaired) electrons. The van der Waals surface area contributed by atoms with Gasteiger partial charge in [0.2, 0.25) is 5.91 Å². The monoisotopic (exact) mass is 226 g/mol. The highest BCUT2D eigenvalue weighted by atomic mass is 16.5. The molecule has 16 heavy (non-hydrogen) atoms. The molecule has 2 fully saturated rings. The fourth-order valence-corrected chi connectivity index (χ4v) is 2.47. The zero-order valence-corrected chi connectivity index (χ0v) is 10.00. The van der Waals surface area contributed by atoms with Crippen LogP contribution in [0, 0.1) is 5.92 Å². The minimum Gasteiger partial charge on any atom is -0.378 e. The average molecular weight is 226 g/mol. The maximum atomic E-state index is 11.8. The molecule has 2 N–H and O–H groups in total. The molecular formula is C12H22N2O2. The van der Waals surface area contributed by atoms with E-state index in [2.05, 4.69) is 17.6 Å². The highest BCUT2D eigenvalue weighted by Crippen LogP contribution is 2.19. The molecule has 2 aliphatic rings. The van der Waals surface area contributed by atoms with Gasteiger partial charge in [-0.1, -0.05) is 6.42 Å². The van der Waals surface area contributed by atoms with Gasteiger partial charge in [0.1, 0.15) is 0 Å². The molecule has 4 heteroatoms. The summed E-state index contributed by atoms with van der Waals surface area (Å²) in [5.74, 6) is 0.659. The zero-order chi connectivity index (χ0) is 11.4. The van der Waals surface area contributed by atoms with Crippen molar-refractivity contribution in [2.45, 2.75) is 44.8 Å². The maximum Gasteiger partial charge on any atom is 0.237 e. The normalized spacial score (nSPS) is 34.9. The molecule has 92 valence electrons. The molecule has 0 aromatic carbocycles. The molecule has 0 bridgehead atoms. The lowest BCUT2D eigenvalue weighted by molar-refractivity contribution is -0.123. The Labute approximate surface area is 97.1 Å². The smallest absolute Gasteiger partial charge is 0.237 e. The summed E-state index contributed by atoms with van der Waals surface area (Å²) in [5, 5.41) is 6.31. The van der Waals surface area contributed by atoms with Gasteiger partial charge in [-0.15, -0.1) is 0 Å². The number of carbonyl (C=O) groups is 1. The van der Waals surface area contributed by atoms with Crippen LogP contribution in [0.5, 0.6) is 0 Å². The second-order valence-corrected chi connectivity index (χ2v) is 4.87. The van der Waals surface area contributed by atoms with Crippen molar-refractivity contribution in [2.24, 2.45) is 5.92 Å². The van der Waals surface area contributed by atoms with E-state index in [0.29, 0.717) is 12.0 Å². The van der Waals surface area contributed by atoms with Gasteiger partial charge in [0, 0.05) is 19.1 Å². The predicted molar refractivity (Wildman–Crippen MR) is 62.2 cm³/mol. The Bertz CT molecular complexity index is 239. The Morgan fingerprint density at radius 3 is 2.94 bits per heavy atom. The minimum absolute atomic E-state index is 0.0337. The van der Waals surface area contributed by atoms with Gasteiger partial charge in [0.05, 0.1) is 12.1 Å². The first-order valence-electron chi connectivity index (χ1n) is 6.40. The van der Waals surface area contributed by atoms with Crippen LogP contribution in [0.3, 0.4) is 0 Å². The van der Waals surface area contributed by atoms with Gasteiger partial charge in [0.15, 0.2) is 0 Å². The second kappa shape index (κ2) is 5.64. The molecule has 0 aliphatic carbocycles.